The van der Waals surface area contributed by atoms with Crippen LogP contribution in [0.2, 0.25) is 0 Å². The maximum absolute atomic E-state index is 11.8. The van der Waals surface area contributed by atoms with Crippen molar-refractivity contribution >= 4 is 17.7 Å². The first-order valence-corrected chi connectivity index (χ1v) is 7.70. The summed E-state index contributed by atoms with van der Waals surface area (Å²) in [5, 5.41) is 12.1. The van der Waals surface area contributed by atoms with Gasteiger partial charge in [0.2, 0.25) is 5.91 Å². The van der Waals surface area contributed by atoms with Crippen LogP contribution in [-0.2, 0) is 10.5 Å². The van der Waals surface area contributed by atoms with Crippen LogP contribution in [0.3, 0.4) is 0 Å². The monoisotopic (exact) mass is 281 g/mol. The molecule has 0 saturated heterocycles. The molecule has 0 aliphatic carbocycles. The zero-order chi connectivity index (χ0) is 14.3. The van der Waals surface area contributed by atoms with Gasteiger partial charge in [-0.3, -0.25) is 4.79 Å². The van der Waals surface area contributed by atoms with E-state index in [2.05, 4.69) is 30.4 Å². The van der Waals surface area contributed by atoms with Crippen molar-refractivity contribution in [3.8, 4) is 0 Å². The van der Waals surface area contributed by atoms with Crippen LogP contribution in [0.25, 0.3) is 0 Å². The van der Waals surface area contributed by atoms with Crippen molar-refractivity contribution in [3.63, 3.8) is 0 Å². The molecule has 1 atom stereocenters. The summed E-state index contributed by atoms with van der Waals surface area (Å²) in [6.45, 7) is 5.85. The van der Waals surface area contributed by atoms with Crippen molar-refractivity contribution in [2.45, 2.75) is 38.5 Å². The highest BCUT2D eigenvalue weighted by Gasteiger charge is 2.22. The molecule has 4 heteroatoms. The molecule has 19 heavy (non-hydrogen) atoms. The number of aliphatic hydroxyl groups is 1. The van der Waals surface area contributed by atoms with Gasteiger partial charge in [0.15, 0.2) is 0 Å². The van der Waals surface area contributed by atoms with Gasteiger partial charge >= 0.3 is 0 Å². The van der Waals surface area contributed by atoms with Crippen LogP contribution in [0.5, 0.6) is 0 Å². The van der Waals surface area contributed by atoms with Crippen molar-refractivity contribution in [2.75, 3.05) is 12.4 Å². The number of benzene rings is 1. The average Bonchev–Trinajstić information content (AvgIpc) is 2.38. The standard InChI is InChI=1S/C15H23NO2S/c1-4-15(3,11-17)16-14(18)10-19-9-13-7-5-6-12(2)8-13/h5-8,17H,4,9-11H2,1-3H3,(H,16,18). The molecule has 0 saturated carbocycles. The summed E-state index contributed by atoms with van der Waals surface area (Å²) < 4.78 is 0. The van der Waals surface area contributed by atoms with Crippen molar-refractivity contribution in [1.82, 2.24) is 5.32 Å². The zero-order valence-electron chi connectivity index (χ0n) is 11.9. The smallest absolute Gasteiger partial charge is 0.230 e. The van der Waals surface area contributed by atoms with E-state index in [-0.39, 0.29) is 12.5 Å². The lowest BCUT2D eigenvalue weighted by Crippen LogP contribution is -2.49. The SMILES string of the molecule is CCC(C)(CO)NC(=O)CSCc1cccc(C)c1. The van der Waals surface area contributed by atoms with Crippen LogP contribution in [-0.4, -0.2) is 28.9 Å². The van der Waals surface area contributed by atoms with Crippen LogP contribution in [0.15, 0.2) is 24.3 Å². The second kappa shape index (κ2) is 7.56. The van der Waals surface area contributed by atoms with Crippen LogP contribution in [0.4, 0.5) is 0 Å². The Morgan fingerprint density at radius 3 is 2.79 bits per heavy atom. The molecule has 0 radical (unpaired) electrons. The molecular weight excluding hydrogens is 258 g/mol. The molecule has 2 N–H and O–H groups in total. The molecule has 0 fully saturated rings. The average molecular weight is 281 g/mol. The first-order valence-electron chi connectivity index (χ1n) is 6.54. The predicted octanol–water partition coefficient (Wildman–Crippen LogP) is 2.51. The van der Waals surface area contributed by atoms with E-state index < -0.39 is 5.54 Å². The van der Waals surface area contributed by atoms with Gasteiger partial charge in [-0.1, -0.05) is 36.8 Å². The lowest BCUT2D eigenvalue weighted by molar-refractivity contribution is -0.120. The summed E-state index contributed by atoms with van der Waals surface area (Å²) in [5.41, 5.74) is 1.97. The highest BCUT2D eigenvalue weighted by molar-refractivity contribution is 7.99. The van der Waals surface area contributed by atoms with Gasteiger partial charge in [0.1, 0.15) is 0 Å². The van der Waals surface area contributed by atoms with Gasteiger partial charge < -0.3 is 10.4 Å². The molecule has 1 aromatic carbocycles. The minimum absolute atomic E-state index is 0.0175. The molecular formula is C15H23NO2S. The van der Waals surface area contributed by atoms with E-state index >= 15 is 0 Å². The number of rotatable bonds is 7. The van der Waals surface area contributed by atoms with Crippen LogP contribution in [0.1, 0.15) is 31.4 Å². The minimum Gasteiger partial charge on any atom is -0.394 e. The minimum atomic E-state index is -0.499. The number of nitrogens with one attached hydrogen (secondary N) is 1. The van der Waals surface area contributed by atoms with Crippen LogP contribution in [0, 0.1) is 6.92 Å². The van der Waals surface area contributed by atoms with Crippen molar-refractivity contribution in [1.29, 1.82) is 0 Å². The molecule has 1 aromatic rings. The fraction of sp³-hybridized carbons (Fsp3) is 0.533. The molecule has 0 bridgehead atoms. The molecule has 1 rings (SSSR count). The van der Waals surface area contributed by atoms with Gasteiger partial charge in [-0.15, -0.1) is 11.8 Å². The first kappa shape index (κ1) is 16.1. The maximum atomic E-state index is 11.8. The molecule has 1 amide bonds. The Balaban J connectivity index is 2.35. The van der Waals surface area contributed by atoms with E-state index in [4.69, 9.17) is 0 Å². The number of aliphatic hydroxyl groups excluding tert-OH is 1. The Bertz CT molecular complexity index is 416. The van der Waals surface area contributed by atoms with Gasteiger partial charge in [0, 0.05) is 5.75 Å². The fourth-order valence-electron chi connectivity index (χ4n) is 1.68. The summed E-state index contributed by atoms with van der Waals surface area (Å²) in [5.74, 6) is 1.23. The van der Waals surface area contributed by atoms with Crippen LogP contribution < -0.4 is 5.32 Å². The third-order valence-corrected chi connectivity index (χ3v) is 4.16. The van der Waals surface area contributed by atoms with Crippen molar-refractivity contribution < 1.29 is 9.90 Å². The molecule has 0 aliphatic heterocycles. The van der Waals surface area contributed by atoms with Gasteiger partial charge in [0.05, 0.1) is 17.9 Å². The van der Waals surface area contributed by atoms with E-state index in [1.54, 1.807) is 11.8 Å². The number of carbonyl (C=O) groups is 1. The topological polar surface area (TPSA) is 49.3 Å². The summed E-state index contributed by atoms with van der Waals surface area (Å²) in [4.78, 5) is 11.8. The zero-order valence-corrected chi connectivity index (χ0v) is 12.7. The maximum Gasteiger partial charge on any atom is 0.230 e. The van der Waals surface area contributed by atoms with E-state index in [1.165, 1.54) is 11.1 Å². The second-order valence-corrected chi connectivity index (χ2v) is 6.09. The Hall–Kier alpha value is -1.00. The molecule has 0 spiro atoms. The quantitative estimate of drug-likeness (QED) is 0.807. The predicted molar refractivity (Wildman–Crippen MR) is 81.3 cm³/mol. The molecule has 0 aliphatic rings. The van der Waals surface area contributed by atoms with Crippen LogP contribution >= 0.6 is 11.8 Å². The Morgan fingerprint density at radius 2 is 2.21 bits per heavy atom. The third-order valence-electron chi connectivity index (χ3n) is 3.15. The molecule has 0 heterocycles. The van der Waals surface area contributed by atoms with Crippen molar-refractivity contribution in [3.05, 3.63) is 35.4 Å². The normalized spacial score (nSPS) is 13.9. The van der Waals surface area contributed by atoms with Gasteiger partial charge in [-0.2, -0.15) is 0 Å². The second-order valence-electron chi connectivity index (χ2n) is 5.10. The van der Waals surface area contributed by atoms with Gasteiger partial charge in [-0.05, 0) is 25.8 Å². The number of carbonyl (C=O) groups excluding carboxylic acids is 1. The van der Waals surface area contributed by atoms with Gasteiger partial charge in [0.25, 0.3) is 0 Å². The summed E-state index contributed by atoms with van der Waals surface area (Å²) in [6, 6.07) is 8.30. The number of thioether (sulfide) groups is 1. The number of hydrogen-bond donors (Lipinski definition) is 2. The molecule has 0 aromatic heterocycles. The molecule has 106 valence electrons. The van der Waals surface area contributed by atoms with Crippen molar-refractivity contribution in [2.24, 2.45) is 0 Å². The summed E-state index contributed by atoms with van der Waals surface area (Å²) >= 11 is 1.59. The number of aryl methyl sites for hydroxylation is 1. The summed E-state index contributed by atoms with van der Waals surface area (Å²) in [6.07, 6.45) is 0.720. The van der Waals surface area contributed by atoms with Gasteiger partial charge in [-0.25, -0.2) is 0 Å². The Kier molecular flexibility index (Phi) is 6.38. The van der Waals surface area contributed by atoms with E-state index in [0.717, 1.165) is 12.2 Å². The highest BCUT2D eigenvalue weighted by atomic mass is 32.2. The third kappa shape index (κ3) is 5.66. The summed E-state index contributed by atoms with van der Waals surface area (Å²) in [7, 11) is 0. The lowest BCUT2D eigenvalue weighted by Gasteiger charge is -2.27. The number of hydrogen-bond acceptors (Lipinski definition) is 3. The molecule has 3 nitrogen and oxygen atoms in total. The molecule has 1 unspecified atom stereocenters. The Morgan fingerprint density at radius 1 is 1.47 bits per heavy atom. The first-order chi connectivity index (χ1) is 8.99. The van der Waals surface area contributed by atoms with E-state index in [9.17, 15) is 9.90 Å². The van der Waals surface area contributed by atoms with E-state index in [0.29, 0.717) is 5.75 Å². The van der Waals surface area contributed by atoms with E-state index in [1.807, 2.05) is 19.9 Å². The number of amides is 1. The fourth-order valence-corrected chi connectivity index (χ4v) is 2.45. The lowest BCUT2D eigenvalue weighted by atomic mass is 10.0. The Labute approximate surface area is 119 Å². The largest absolute Gasteiger partial charge is 0.394 e. The highest BCUT2D eigenvalue weighted by Crippen LogP contribution is 2.14.